The van der Waals surface area contributed by atoms with Gasteiger partial charge in [0.25, 0.3) is 0 Å². The number of nitrogens with one attached hydrogen (secondary N) is 1. The molecule has 5 nitrogen and oxygen atoms in total. The molecule has 1 aliphatic rings. The van der Waals surface area contributed by atoms with Gasteiger partial charge in [-0.25, -0.2) is 0 Å². The molecular formula is C21H32N2O3. The van der Waals surface area contributed by atoms with Crippen molar-refractivity contribution in [3.05, 3.63) is 30.3 Å². The largest absolute Gasteiger partial charge is 0.494 e. The fraction of sp³-hybridized carbons (Fsp3) is 0.619. The minimum absolute atomic E-state index is 0.0178. The number of carbonyl (C=O) groups is 2. The summed E-state index contributed by atoms with van der Waals surface area (Å²) >= 11 is 0. The Morgan fingerprint density at radius 1 is 1.15 bits per heavy atom. The van der Waals surface area contributed by atoms with Crippen molar-refractivity contribution in [2.24, 2.45) is 5.41 Å². The van der Waals surface area contributed by atoms with E-state index in [2.05, 4.69) is 26.1 Å². The van der Waals surface area contributed by atoms with Gasteiger partial charge in [-0.3, -0.25) is 9.59 Å². The van der Waals surface area contributed by atoms with Crippen LogP contribution in [0.4, 0.5) is 0 Å². The van der Waals surface area contributed by atoms with Crippen LogP contribution in [0, 0.1) is 5.41 Å². The lowest BCUT2D eigenvalue weighted by atomic mass is 9.91. The molecule has 0 aliphatic carbocycles. The molecule has 1 N–H and O–H groups in total. The Morgan fingerprint density at radius 3 is 2.42 bits per heavy atom. The maximum atomic E-state index is 12.3. The van der Waals surface area contributed by atoms with Crippen molar-refractivity contribution >= 4 is 11.8 Å². The quantitative estimate of drug-likeness (QED) is 0.758. The summed E-state index contributed by atoms with van der Waals surface area (Å²) in [7, 11) is 0. The minimum atomic E-state index is 0.0178. The van der Waals surface area contributed by atoms with Crippen molar-refractivity contribution < 1.29 is 14.3 Å². The first-order valence-corrected chi connectivity index (χ1v) is 9.58. The fourth-order valence-electron chi connectivity index (χ4n) is 3.08. The summed E-state index contributed by atoms with van der Waals surface area (Å²) in [5, 5.41) is 3.09. The second kappa shape index (κ2) is 9.60. The Balaban J connectivity index is 1.60. The lowest BCUT2D eigenvalue weighted by Gasteiger charge is -2.34. The average molecular weight is 360 g/mol. The summed E-state index contributed by atoms with van der Waals surface area (Å²) in [6.45, 7) is 8.25. The lowest BCUT2D eigenvalue weighted by molar-refractivity contribution is -0.134. The standard InChI is InChI=1S/C21H32N2O3/c1-21(2,3)16-20(25)23-13-11-17(12-14-23)22-19(24)10-7-15-26-18-8-5-4-6-9-18/h4-6,8-9,17H,7,10-16H2,1-3H3,(H,22,24). The van der Waals surface area contributed by atoms with E-state index in [0.29, 0.717) is 25.9 Å². The zero-order valence-corrected chi connectivity index (χ0v) is 16.3. The molecule has 1 heterocycles. The summed E-state index contributed by atoms with van der Waals surface area (Å²) in [4.78, 5) is 26.3. The molecule has 26 heavy (non-hydrogen) atoms. The van der Waals surface area contributed by atoms with Crippen molar-refractivity contribution in [3.8, 4) is 5.75 Å². The Hall–Kier alpha value is -2.04. The van der Waals surface area contributed by atoms with Gasteiger partial charge >= 0.3 is 0 Å². The molecule has 1 fully saturated rings. The highest BCUT2D eigenvalue weighted by molar-refractivity contribution is 5.77. The number of carbonyl (C=O) groups excluding carboxylic acids is 2. The van der Waals surface area contributed by atoms with E-state index in [0.717, 1.165) is 31.7 Å². The van der Waals surface area contributed by atoms with Crippen molar-refractivity contribution in [3.63, 3.8) is 0 Å². The number of likely N-dealkylation sites (tertiary alicyclic amines) is 1. The normalized spacial score (nSPS) is 15.6. The third-order valence-electron chi connectivity index (χ3n) is 4.45. The maximum absolute atomic E-state index is 12.3. The van der Waals surface area contributed by atoms with E-state index in [-0.39, 0.29) is 23.3 Å². The Morgan fingerprint density at radius 2 is 1.81 bits per heavy atom. The molecular weight excluding hydrogens is 328 g/mol. The van der Waals surface area contributed by atoms with Gasteiger partial charge in [0.2, 0.25) is 11.8 Å². The number of hydrogen-bond acceptors (Lipinski definition) is 3. The van der Waals surface area contributed by atoms with Crippen LogP contribution in [0.2, 0.25) is 0 Å². The number of rotatable bonds is 7. The summed E-state index contributed by atoms with van der Waals surface area (Å²) in [5.41, 5.74) is 0.0178. The predicted molar refractivity (Wildman–Crippen MR) is 103 cm³/mol. The van der Waals surface area contributed by atoms with Crippen molar-refractivity contribution in [2.75, 3.05) is 19.7 Å². The molecule has 0 unspecified atom stereocenters. The molecule has 5 heteroatoms. The van der Waals surface area contributed by atoms with Gasteiger partial charge in [0.15, 0.2) is 0 Å². The molecule has 0 bridgehead atoms. The summed E-state index contributed by atoms with van der Waals surface area (Å²) in [5.74, 6) is 1.13. The van der Waals surface area contributed by atoms with Gasteiger partial charge in [0.1, 0.15) is 5.75 Å². The highest BCUT2D eigenvalue weighted by atomic mass is 16.5. The number of para-hydroxylation sites is 1. The molecule has 0 atom stereocenters. The molecule has 1 saturated heterocycles. The van der Waals surface area contributed by atoms with Crippen LogP contribution >= 0.6 is 0 Å². The number of hydrogen-bond donors (Lipinski definition) is 1. The molecule has 1 aromatic carbocycles. The second-order valence-corrected chi connectivity index (χ2v) is 8.23. The molecule has 0 spiro atoms. The third-order valence-corrected chi connectivity index (χ3v) is 4.45. The van der Waals surface area contributed by atoms with E-state index < -0.39 is 0 Å². The first kappa shape index (κ1) is 20.3. The number of piperidine rings is 1. The topological polar surface area (TPSA) is 58.6 Å². The smallest absolute Gasteiger partial charge is 0.223 e. The van der Waals surface area contributed by atoms with Gasteiger partial charge in [-0.15, -0.1) is 0 Å². The van der Waals surface area contributed by atoms with Crippen LogP contribution in [0.25, 0.3) is 0 Å². The number of amides is 2. The first-order chi connectivity index (χ1) is 12.3. The third kappa shape index (κ3) is 7.46. The van der Waals surface area contributed by atoms with Crippen LogP contribution in [0.15, 0.2) is 30.3 Å². The van der Waals surface area contributed by atoms with Crippen molar-refractivity contribution in [1.29, 1.82) is 0 Å². The summed E-state index contributed by atoms with van der Waals surface area (Å²) in [6, 6.07) is 9.81. The molecule has 0 radical (unpaired) electrons. The van der Waals surface area contributed by atoms with Crippen LogP contribution in [-0.2, 0) is 9.59 Å². The van der Waals surface area contributed by atoms with Crippen LogP contribution in [0.1, 0.15) is 52.9 Å². The Labute approximate surface area is 157 Å². The summed E-state index contributed by atoms with van der Waals surface area (Å²) in [6.07, 6.45) is 3.41. The van der Waals surface area contributed by atoms with Gasteiger partial charge < -0.3 is 15.0 Å². The van der Waals surface area contributed by atoms with Crippen LogP contribution in [0.3, 0.4) is 0 Å². The second-order valence-electron chi connectivity index (χ2n) is 8.23. The lowest BCUT2D eigenvalue weighted by Crippen LogP contribution is -2.47. The number of nitrogens with zero attached hydrogens (tertiary/aromatic N) is 1. The van der Waals surface area contributed by atoms with Gasteiger partial charge in [-0.05, 0) is 36.8 Å². The molecule has 144 valence electrons. The van der Waals surface area contributed by atoms with E-state index in [1.54, 1.807) is 0 Å². The van der Waals surface area contributed by atoms with Gasteiger partial charge in [-0.2, -0.15) is 0 Å². The molecule has 0 aromatic heterocycles. The Kier molecular flexibility index (Phi) is 7.49. The Bertz CT molecular complexity index is 573. The van der Waals surface area contributed by atoms with Crippen LogP contribution in [0.5, 0.6) is 5.75 Å². The average Bonchev–Trinajstić information content (AvgIpc) is 2.59. The fourth-order valence-corrected chi connectivity index (χ4v) is 3.08. The van der Waals surface area contributed by atoms with Crippen LogP contribution < -0.4 is 10.1 Å². The summed E-state index contributed by atoms with van der Waals surface area (Å²) < 4.78 is 5.60. The molecule has 1 aliphatic heterocycles. The van der Waals surface area contributed by atoms with Gasteiger partial charge in [-0.1, -0.05) is 39.0 Å². The predicted octanol–water partition coefficient (Wildman–Crippen LogP) is 3.39. The molecule has 0 saturated carbocycles. The van der Waals surface area contributed by atoms with E-state index in [9.17, 15) is 9.59 Å². The van der Waals surface area contributed by atoms with E-state index >= 15 is 0 Å². The SMILES string of the molecule is CC(C)(C)CC(=O)N1CCC(NC(=O)CCCOc2ccccc2)CC1. The maximum Gasteiger partial charge on any atom is 0.223 e. The zero-order chi connectivity index (χ0) is 19.0. The van der Waals surface area contributed by atoms with Gasteiger partial charge in [0.05, 0.1) is 6.61 Å². The highest BCUT2D eigenvalue weighted by Crippen LogP contribution is 2.21. The van der Waals surface area contributed by atoms with E-state index in [4.69, 9.17) is 4.74 Å². The van der Waals surface area contributed by atoms with Crippen molar-refractivity contribution in [2.45, 2.75) is 58.9 Å². The van der Waals surface area contributed by atoms with Crippen LogP contribution in [-0.4, -0.2) is 42.5 Å². The van der Waals surface area contributed by atoms with E-state index in [1.165, 1.54) is 0 Å². The monoisotopic (exact) mass is 360 g/mol. The van der Waals surface area contributed by atoms with E-state index in [1.807, 2.05) is 35.2 Å². The van der Waals surface area contributed by atoms with Crippen molar-refractivity contribution in [1.82, 2.24) is 10.2 Å². The minimum Gasteiger partial charge on any atom is -0.494 e. The zero-order valence-electron chi connectivity index (χ0n) is 16.3. The number of ether oxygens (including phenoxy) is 1. The molecule has 2 rings (SSSR count). The number of benzene rings is 1. The van der Waals surface area contributed by atoms with Gasteiger partial charge in [0, 0.05) is 32.0 Å². The first-order valence-electron chi connectivity index (χ1n) is 9.58. The highest BCUT2D eigenvalue weighted by Gasteiger charge is 2.26. The molecule has 2 amide bonds. The molecule has 1 aromatic rings.